The number of pyridine rings is 1. The third-order valence-electron chi connectivity index (χ3n) is 2.59. The van der Waals surface area contributed by atoms with E-state index in [1.165, 1.54) is 12.1 Å². The Kier molecular flexibility index (Phi) is 4.96. The van der Waals surface area contributed by atoms with Crippen molar-refractivity contribution in [1.29, 1.82) is 0 Å². The second kappa shape index (κ2) is 6.23. The molecule has 0 aliphatic heterocycles. The van der Waals surface area contributed by atoms with E-state index in [4.69, 9.17) is 5.73 Å². The molecule has 0 atom stereocenters. The molecule has 0 radical (unpaired) electrons. The van der Waals surface area contributed by atoms with E-state index < -0.39 is 10.0 Å². The lowest BCUT2D eigenvalue weighted by Gasteiger charge is -2.13. The minimum Gasteiger partial charge on any atom is -0.399 e. The van der Waals surface area contributed by atoms with Crippen molar-refractivity contribution in [3.05, 3.63) is 43.5 Å². The zero-order valence-electron chi connectivity index (χ0n) is 10.7. The number of hydrogen-bond acceptors (Lipinski definition) is 4. The highest BCUT2D eigenvalue weighted by Gasteiger charge is 2.22. The fraction of sp³-hybridized carbons (Fsp3) is 0.0833. The molecule has 3 N–H and O–H groups in total. The molecular formula is C12H10Br3N3O2S. The van der Waals surface area contributed by atoms with Gasteiger partial charge in [0.25, 0.3) is 10.0 Å². The summed E-state index contributed by atoms with van der Waals surface area (Å²) in [4.78, 5) is 4.24. The number of nitrogens with one attached hydrogen (secondary N) is 1. The molecule has 112 valence electrons. The van der Waals surface area contributed by atoms with Crippen LogP contribution in [0.15, 0.2) is 42.7 Å². The van der Waals surface area contributed by atoms with Crippen molar-refractivity contribution < 1.29 is 8.42 Å². The average molecular weight is 500 g/mol. The Morgan fingerprint density at radius 3 is 2.24 bits per heavy atom. The maximum absolute atomic E-state index is 12.5. The van der Waals surface area contributed by atoms with Crippen LogP contribution in [0, 0.1) is 6.92 Å². The van der Waals surface area contributed by atoms with Gasteiger partial charge in [-0.05, 0) is 79.0 Å². The van der Waals surface area contributed by atoms with E-state index in [9.17, 15) is 8.42 Å². The van der Waals surface area contributed by atoms with Crippen LogP contribution in [-0.2, 0) is 10.0 Å². The number of aryl methyl sites for hydroxylation is 1. The number of nitrogen functional groups attached to an aromatic ring is 1. The average Bonchev–Trinajstić information content (AvgIpc) is 2.30. The third kappa shape index (κ3) is 3.77. The molecule has 0 saturated heterocycles. The van der Waals surface area contributed by atoms with Crippen molar-refractivity contribution in [3.63, 3.8) is 0 Å². The minimum absolute atomic E-state index is 0.0824. The summed E-state index contributed by atoms with van der Waals surface area (Å²) < 4.78 is 29.0. The molecule has 0 aliphatic rings. The van der Waals surface area contributed by atoms with Crippen LogP contribution in [0.25, 0.3) is 0 Å². The molecule has 0 bridgehead atoms. The van der Waals surface area contributed by atoms with Crippen molar-refractivity contribution in [3.8, 4) is 0 Å². The van der Waals surface area contributed by atoms with Crippen LogP contribution in [-0.4, -0.2) is 13.4 Å². The van der Waals surface area contributed by atoms with Gasteiger partial charge in [-0.25, -0.2) is 13.4 Å². The number of halogens is 3. The van der Waals surface area contributed by atoms with E-state index in [-0.39, 0.29) is 4.90 Å². The smallest absolute Gasteiger partial charge is 0.264 e. The minimum atomic E-state index is -3.78. The first-order valence-corrected chi connectivity index (χ1v) is 9.47. The molecule has 0 spiro atoms. The molecule has 0 unspecified atom stereocenters. The van der Waals surface area contributed by atoms with Crippen molar-refractivity contribution in [2.24, 2.45) is 0 Å². The number of benzene rings is 1. The predicted molar refractivity (Wildman–Crippen MR) is 93.7 cm³/mol. The van der Waals surface area contributed by atoms with Crippen LogP contribution < -0.4 is 10.5 Å². The van der Waals surface area contributed by atoms with Crippen molar-refractivity contribution in [2.45, 2.75) is 11.8 Å². The summed E-state index contributed by atoms with van der Waals surface area (Å²) in [5, 5.41) is 0. The van der Waals surface area contributed by atoms with E-state index in [1.807, 2.05) is 0 Å². The van der Waals surface area contributed by atoms with Gasteiger partial charge in [-0.1, -0.05) is 0 Å². The van der Waals surface area contributed by atoms with Crippen LogP contribution in [0.5, 0.6) is 0 Å². The van der Waals surface area contributed by atoms with Crippen molar-refractivity contribution in [2.75, 3.05) is 10.5 Å². The van der Waals surface area contributed by atoms with Crippen LogP contribution in [0.3, 0.4) is 0 Å². The van der Waals surface area contributed by atoms with Crippen LogP contribution in [0.4, 0.5) is 11.4 Å². The first-order valence-electron chi connectivity index (χ1n) is 5.61. The van der Waals surface area contributed by atoms with E-state index in [2.05, 4.69) is 57.5 Å². The number of nitrogens with two attached hydrogens (primary N) is 1. The molecular weight excluding hydrogens is 490 g/mol. The second-order valence-electron chi connectivity index (χ2n) is 4.19. The maximum Gasteiger partial charge on any atom is 0.264 e. The van der Waals surface area contributed by atoms with Gasteiger partial charge >= 0.3 is 0 Å². The van der Waals surface area contributed by atoms with Gasteiger partial charge in [-0.15, -0.1) is 0 Å². The van der Waals surface area contributed by atoms with Crippen molar-refractivity contribution in [1.82, 2.24) is 4.98 Å². The molecule has 0 saturated carbocycles. The molecule has 1 heterocycles. The molecule has 5 nitrogen and oxygen atoms in total. The Hall–Kier alpha value is -0.640. The van der Waals surface area contributed by atoms with Crippen LogP contribution in [0.2, 0.25) is 0 Å². The fourth-order valence-corrected chi connectivity index (χ4v) is 5.81. The van der Waals surface area contributed by atoms with Gasteiger partial charge in [0.2, 0.25) is 0 Å². The SMILES string of the molecule is Cc1nc(Br)ccc1NS(=O)(=O)c1c(Br)cc(N)cc1Br. The number of aromatic nitrogens is 1. The summed E-state index contributed by atoms with van der Waals surface area (Å²) >= 11 is 9.68. The normalized spacial score (nSPS) is 11.4. The largest absolute Gasteiger partial charge is 0.399 e. The molecule has 1 aromatic heterocycles. The van der Waals surface area contributed by atoms with Gasteiger partial charge in [0, 0.05) is 14.6 Å². The Morgan fingerprint density at radius 1 is 1.14 bits per heavy atom. The van der Waals surface area contributed by atoms with E-state index in [1.54, 1.807) is 19.1 Å². The summed E-state index contributed by atoms with van der Waals surface area (Å²) in [5.74, 6) is 0. The highest BCUT2D eigenvalue weighted by molar-refractivity contribution is 9.11. The number of anilines is 2. The molecule has 0 fully saturated rings. The second-order valence-corrected chi connectivity index (χ2v) is 8.33. The lowest BCUT2D eigenvalue weighted by molar-refractivity contribution is 0.600. The molecule has 2 aromatic rings. The number of hydrogen-bond donors (Lipinski definition) is 2. The fourth-order valence-electron chi connectivity index (χ4n) is 1.67. The monoisotopic (exact) mass is 497 g/mol. The zero-order valence-corrected chi connectivity index (χ0v) is 16.3. The van der Waals surface area contributed by atoms with Gasteiger partial charge in [-0.3, -0.25) is 4.72 Å². The standard InChI is InChI=1S/C12H10Br3N3O2S/c1-6-10(2-3-11(15)17-6)18-21(19,20)12-8(13)4-7(16)5-9(12)14/h2-5,18H,16H2,1H3. The summed E-state index contributed by atoms with van der Waals surface area (Å²) in [5.41, 5.74) is 7.10. The Bertz CT molecular complexity index is 786. The quantitative estimate of drug-likeness (QED) is 0.492. The van der Waals surface area contributed by atoms with Gasteiger partial charge in [0.1, 0.15) is 9.50 Å². The number of nitrogens with zero attached hydrogens (tertiary/aromatic N) is 1. The van der Waals surface area contributed by atoms with E-state index in [0.29, 0.717) is 30.6 Å². The van der Waals surface area contributed by atoms with Gasteiger partial charge < -0.3 is 5.73 Å². The van der Waals surface area contributed by atoms with Gasteiger partial charge in [0.05, 0.1) is 11.4 Å². The highest BCUT2D eigenvalue weighted by atomic mass is 79.9. The summed E-state index contributed by atoms with van der Waals surface area (Å²) in [6.45, 7) is 1.72. The molecule has 0 aliphatic carbocycles. The number of rotatable bonds is 3. The topological polar surface area (TPSA) is 85.1 Å². The zero-order chi connectivity index (χ0) is 15.8. The molecule has 1 aromatic carbocycles. The summed E-state index contributed by atoms with van der Waals surface area (Å²) in [6.07, 6.45) is 0. The first-order chi connectivity index (χ1) is 9.70. The van der Waals surface area contributed by atoms with Gasteiger partial charge in [-0.2, -0.15) is 0 Å². The Morgan fingerprint density at radius 2 is 1.71 bits per heavy atom. The lowest BCUT2D eigenvalue weighted by Crippen LogP contribution is -2.15. The summed E-state index contributed by atoms with van der Waals surface area (Å²) in [7, 11) is -3.78. The molecule has 0 amide bonds. The van der Waals surface area contributed by atoms with E-state index >= 15 is 0 Å². The van der Waals surface area contributed by atoms with E-state index in [0.717, 1.165) is 0 Å². The lowest BCUT2D eigenvalue weighted by atomic mass is 10.3. The van der Waals surface area contributed by atoms with Crippen LogP contribution in [0.1, 0.15) is 5.69 Å². The first kappa shape index (κ1) is 16.7. The molecule has 9 heteroatoms. The van der Waals surface area contributed by atoms with Crippen LogP contribution >= 0.6 is 47.8 Å². The maximum atomic E-state index is 12.5. The summed E-state index contributed by atoms with van der Waals surface area (Å²) in [6, 6.07) is 6.37. The Labute approximate surface area is 147 Å². The predicted octanol–water partition coefficient (Wildman–Crippen LogP) is 4.06. The Balaban J connectivity index is 2.48. The third-order valence-corrected chi connectivity index (χ3v) is 6.27. The number of sulfonamides is 1. The molecule has 21 heavy (non-hydrogen) atoms. The molecule has 2 rings (SSSR count). The van der Waals surface area contributed by atoms with Gasteiger partial charge in [0.15, 0.2) is 0 Å². The van der Waals surface area contributed by atoms with Crippen molar-refractivity contribution >= 4 is 69.2 Å². The highest BCUT2D eigenvalue weighted by Crippen LogP contribution is 2.33.